The number of nitrogens with zero attached hydrogens (tertiary/aromatic N) is 6. The minimum absolute atomic E-state index is 0.130. The molecule has 1 amide bonds. The summed E-state index contributed by atoms with van der Waals surface area (Å²) in [6.45, 7) is 4.03. The van der Waals surface area contributed by atoms with Gasteiger partial charge in [-0.15, -0.1) is 0 Å². The van der Waals surface area contributed by atoms with Gasteiger partial charge >= 0.3 is 0 Å². The molecule has 1 aliphatic heterocycles. The SMILES string of the molecule is CCN1c2ncccc2C(=O)N(C)c2ccc(-c3cnn(C(C)=O)c3)nc21. The molecule has 0 bridgehead atoms. The molecule has 27 heavy (non-hydrogen) atoms. The van der Waals surface area contributed by atoms with Crippen LogP contribution in [0.1, 0.15) is 29.0 Å². The van der Waals surface area contributed by atoms with E-state index in [0.29, 0.717) is 35.1 Å². The van der Waals surface area contributed by atoms with Crippen molar-refractivity contribution in [2.45, 2.75) is 13.8 Å². The lowest BCUT2D eigenvalue weighted by atomic mass is 10.2. The standard InChI is InChI=1S/C19H18N6O2/c1-4-24-17-14(6-5-9-20-17)19(27)23(3)16-8-7-15(22-18(16)24)13-10-21-25(11-13)12(2)26/h5-11H,4H2,1-3H3. The summed E-state index contributed by atoms with van der Waals surface area (Å²) in [6, 6.07) is 7.20. The fourth-order valence-electron chi connectivity index (χ4n) is 3.16. The second-order valence-electron chi connectivity index (χ2n) is 6.21. The Hall–Kier alpha value is -3.55. The van der Waals surface area contributed by atoms with Gasteiger partial charge in [0.25, 0.3) is 5.91 Å². The van der Waals surface area contributed by atoms with Crippen LogP contribution in [-0.4, -0.2) is 45.2 Å². The van der Waals surface area contributed by atoms with Crippen molar-refractivity contribution in [2.24, 2.45) is 0 Å². The van der Waals surface area contributed by atoms with Gasteiger partial charge in [0.1, 0.15) is 5.82 Å². The smallest absolute Gasteiger partial charge is 0.261 e. The Bertz CT molecular complexity index is 1060. The van der Waals surface area contributed by atoms with Crippen LogP contribution in [0.3, 0.4) is 0 Å². The van der Waals surface area contributed by atoms with Crippen molar-refractivity contribution < 1.29 is 9.59 Å². The first-order valence-electron chi connectivity index (χ1n) is 8.59. The van der Waals surface area contributed by atoms with Crippen LogP contribution in [0.2, 0.25) is 0 Å². The number of aromatic nitrogens is 4. The van der Waals surface area contributed by atoms with Gasteiger partial charge in [-0.05, 0) is 31.2 Å². The first-order chi connectivity index (χ1) is 13.0. The van der Waals surface area contributed by atoms with E-state index >= 15 is 0 Å². The first-order valence-corrected chi connectivity index (χ1v) is 8.59. The van der Waals surface area contributed by atoms with E-state index in [9.17, 15) is 9.59 Å². The molecule has 8 nitrogen and oxygen atoms in total. The molecule has 0 aliphatic carbocycles. The molecule has 3 aromatic rings. The Kier molecular flexibility index (Phi) is 3.95. The van der Waals surface area contributed by atoms with E-state index in [2.05, 4.69) is 10.1 Å². The number of amides is 1. The molecular weight excluding hydrogens is 344 g/mol. The minimum Gasteiger partial charge on any atom is -0.309 e. The van der Waals surface area contributed by atoms with Gasteiger partial charge in [-0.25, -0.2) is 14.6 Å². The Morgan fingerprint density at radius 1 is 1.19 bits per heavy atom. The zero-order chi connectivity index (χ0) is 19.1. The predicted molar refractivity (Wildman–Crippen MR) is 101 cm³/mol. The van der Waals surface area contributed by atoms with Gasteiger partial charge < -0.3 is 9.80 Å². The highest BCUT2D eigenvalue weighted by molar-refractivity contribution is 6.12. The highest BCUT2D eigenvalue weighted by Crippen LogP contribution is 2.38. The van der Waals surface area contributed by atoms with Gasteiger partial charge in [0.2, 0.25) is 5.91 Å². The van der Waals surface area contributed by atoms with E-state index in [1.807, 2.05) is 24.0 Å². The highest BCUT2D eigenvalue weighted by Gasteiger charge is 2.30. The maximum absolute atomic E-state index is 12.9. The molecule has 0 saturated heterocycles. The topological polar surface area (TPSA) is 84.2 Å². The number of hydrogen-bond donors (Lipinski definition) is 0. The molecule has 0 N–H and O–H groups in total. The molecule has 1 aliphatic rings. The van der Waals surface area contributed by atoms with Crippen molar-refractivity contribution in [3.8, 4) is 11.3 Å². The normalized spacial score (nSPS) is 13.2. The zero-order valence-corrected chi connectivity index (χ0v) is 15.2. The van der Waals surface area contributed by atoms with E-state index in [-0.39, 0.29) is 11.8 Å². The molecule has 0 aromatic carbocycles. The van der Waals surface area contributed by atoms with Crippen molar-refractivity contribution in [3.63, 3.8) is 0 Å². The Labute approximate surface area is 156 Å². The van der Waals surface area contributed by atoms with Gasteiger partial charge in [0.05, 0.1) is 23.1 Å². The van der Waals surface area contributed by atoms with Crippen molar-refractivity contribution in [1.29, 1.82) is 0 Å². The molecule has 0 atom stereocenters. The highest BCUT2D eigenvalue weighted by atomic mass is 16.2. The van der Waals surface area contributed by atoms with E-state index < -0.39 is 0 Å². The number of carbonyl (C=O) groups excluding carboxylic acids is 2. The van der Waals surface area contributed by atoms with E-state index in [1.54, 1.807) is 42.7 Å². The molecule has 0 fully saturated rings. The number of fused-ring (bicyclic) bond motifs is 2. The molecule has 0 saturated carbocycles. The summed E-state index contributed by atoms with van der Waals surface area (Å²) in [5.41, 5.74) is 2.62. The minimum atomic E-state index is -0.172. The van der Waals surface area contributed by atoms with Crippen molar-refractivity contribution in [3.05, 3.63) is 48.4 Å². The van der Waals surface area contributed by atoms with Gasteiger partial charge in [-0.2, -0.15) is 5.10 Å². The third-order valence-corrected chi connectivity index (χ3v) is 4.57. The lowest BCUT2D eigenvalue weighted by Gasteiger charge is -2.23. The van der Waals surface area contributed by atoms with E-state index in [4.69, 9.17) is 4.98 Å². The largest absolute Gasteiger partial charge is 0.309 e. The third kappa shape index (κ3) is 2.66. The quantitative estimate of drug-likeness (QED) is 0.697. The van der Waals surface area contributed by atoms with Crippen LogP contribution in [0.25, 0.3) is 11.3 Å². The number of hydrogen-bond acceptors (Lipinski definition) is 6. The number of carbonyl (C=O) groups is 2. The monoisotopic (exact) mass is 362 g/mol. The van der Waals surface area contributed by atoms with Crippen LogP contribution in [0, 0.1) is 0 Å². The summed E-state index contributed by atoms with van der Waals surface area (Å²) in [6.07, 6.45) is 4.91. The molecule has 0 unspecified atom stereocenters. The second-order valence-corrected chi connectivity index (χ2v) is 6.21. The van der Waals surface area contributed by atoms with Crippen LogP contribution >= 0.6 is 0 Å². The van der Waals surface area contributed by atoms with Crippen molar-refractivity contribution in [2.75, 3.05) is 23.4 Å². The lowest BCUT2D eigenvalue weighted by Crippen LogP contribution is -2.25. The fraction of sp³-hybridized carbons (Fsp3) is 0.211. The van der Waals surface area contributed by atoms with Crippen LogP contribution in [0.4, 0.5) is 17.3 Å². The number of anilines is 3. The molecule has 0 spiro atoms. The average molecular weight is 362 g/mol. The second kappa shape index (κ2) is 6.31. The summed E-state index contributed by atoms with van der Waals surface area (Å²) in [7, 11) is 1.73. The maximum atomic E-state index is 12.9. The van der Waals surface area contributed by atoms with Crippen LogP contribution in [0.5, 0.6) is 0 Å². The molecule has 4 rings (SSSR count). The summed E-state index contributed by atoms with van der Waals surface area (Å²) in [5.74, 6) is 0.919. The van der Waals surface area contributed by atoms with Crippen molar-refractivity contribution >= 4 is 29.1 Å². The van der Waals surface area contributed by atoms with Crippen molar-refractivity contribution in [1.82, 2.24) is 19.7 Å². The van der Waals surface area contributed by atoms with Crippen LogP contribution in [0.15, 0.2) is 42.9 Å². The summed E-state index contributed by atoms with van der Waals surface area (Å²) in [5, 5.41) is 4.06. The van der Waals surface area contributed by atoms with Gasteiger partial charge in [0, 0.05) is 38.5 Å². The molecule has 3 aromatic heterocycles. The number of pyridine rings is 2. The molecule has 0 radical (unpaired) electrons. The molecule has 4 heterocycles. The fourth-order valence-corrected chi connectivity index (χ4v) is 3.16. The predicted octanol–water partition coefficient (Wildman–Crippen LogP) is 2.75. The third-order valence-electron chi connectivity index (χ3n) is 4.57. The molecule has 8 heteroatoms. The van der Waals surface area contributed by atoms with Crippen LogP contribution in [-0.2, 0) is 0 Å². The Morgan fingerprint density at radius 3 is 2.70 bits per heavy atom. The van der Waals surface area contributed by atoms with Gasteiger partial charge in [0.15, 0.2) is 5.82 Å². The number of rotatable bonds is 2. The molecule has 136 valence electrons. The average Bonchev–Trinajstić information content (AvgIpc) is 3.15. The first kappa shape index (κ1) is 16.9. The summed E-state index contributed by atoms with van der Waals surface area (Å²) in [4.78, 5) is 37.1. The van der Waals surface area contributed by atoms with E-state index in [1.165, 1.54) is 11.6 Å². The maximum Gasteiger partial charge on any atom is 0.261 e. The summed E-state index contributed by atoms with van der Waals surface area (Å²) >= 11 is 0. The zero-order valence-electron chi connectivity index (χ0n) is 15.2. The summed E-state index contributed by atoms with van der Waals surface area (Å²) < 4.78 is 1.27. The Morgan fingerprint density at radius 2 is 2.00 bits per heavy atom. The van der Waals surface area contributed by atoms with Gasteiger partial charge in [-0.1, -0.05) is 0 Å². The van der Waals surface area contributed by atoms with Gasteiger partial charge in [-0.3, -0.25) is 9.59 Å². The van der Waals surface area contributed by atoms with E-state index in [0.717, 1.165) is 5.56 Å². The lowest BCUT2D eigenvalue weighted by molar-refractivity contribution is 0.0920. The van der Waals surface area contributed by atoms with Crippen LogP contribution < -0.4 is 9.80 Å². The Balaban J connectivity index is 1.90. The molecular formula is C19H18N6O2.